The van der Waals surface area contributed by atoms with Gasteiger partial charge in [0.25, 0.3) is 30.7 Å². The van der Waals surface area contributed by atoms with Gasteiger partial charge in [-0.25, -0.2) is 0 Å². The van der Waals surface area contributed by atoms with Crippen molar-refractivity contribution in [3.63, 3.8) is 0 Å². The molecule has 0 bridgehead atoms. The van der Waals surface area contributed by atoms with Crippen LogP contribution < -0.4 is 5.32 Å². The molecule has 3 atom stereocenters. The molecule has 0 spiro atoms. The molecule has 1 aromatic carbocycles. The number of hydrogen-bond donors (Lipinski definition) is 1. The molecule has 2 aromatic rings. The highest BCUT2D eigenvalue weighted by Gasteiger charge is 2.39. The van der Waals surface area contributed by atoms with Crippen molar-refractivity contribution in [2.24, 2.45) is 0 Å². The standard InChI is InChI=1S/C14H8Cl3F3N2O.3C2H7O3P.Al/c15-8-2-1-3-9(16)12(8)13(23)22-6-11-10(17)4-7(5-21-11)14(18,19)20;3*1-2-5-6(3)4;/h1-5H,6H2,(H,22,23);3*6H,2H2,1H3,(H,3,4);/q;;;;+3/p-3. The number of aromatic nitrogens is 1. The van der Waals surface area contributed by atoms with Crippen molar-refractivity contribution < 1.29 is 56.0 Å². The summed E-state index contributed by atoms with van der Waals surface area (Å²) in [5, 5.41) is 2.56. The van der Waals surface area contributed by atoms with Gasteiger partial charge >= 0.3 is 21.3 Å². The average Bonchev–Trinajstić information content (AvgIpc) is 2.88. The quantitative estimate of drug-likeness (QED) is 0.145. The van der Waals surface area contributed by atoms with E-state index < -0.39 is 57.6 Å². The summed E-state index contributed by atoms with van der Waals surface area (Å²) in [4.78, 5) is 15.7. The number of halogens is 6. The molecule has 0 saturated carbocycles. The lowest BCUT2D eigenvalue weighted by Gasteiger charge is -2.12. The third-order valence-electron chi connectivity index (χ3n) is 4.21. The molecule has 42 heavy (non-hydrogen) atoms. The van der Waals surface area contributed by atoms with Gasteiger partial charge in [0, 0.05) is 6.20 Å². The fraction of sp³-hybridized carbons (Fsp3) is 0.400. The van der Waals surface area contributed by atoms with Crippen LogP contribution in [0.1, 0.15) is 42.4 Å². The predicted molar refractivity (Wildman–Crippen MR) is 153 cm³/mol. The molecule has 0 radical (unpaired) electrons. The molecule has 0 saturated heterocycles. The SMILES string of the molecule is CCO[PH](=O)[O][Al]([O][PH](=O)OCC)[O][PH](=O)OCC.O=C(NCc1ncc(C(F)(F)F)cc1Cl)c1c(Cl)cccc1Cl. The molecule has 0 aliphatic carbocycles. The van der Waals surface area contributed by atoms with E-state index in [0.717, 1.165) is 6.07 Å². The zero-order chi connectivity index (χ0) is 31.9. The first-order valence-electron chi connectivity index (χ1n) is 11.7. The Labute approximate surface area is 261 Å². The number of pyridine rings is 1. The lowest BCUT2D eigenvalue weighted by Crippen LogP contribution is -2.24. The van der Waals surface area contributed by atoms with Crippen LogP contribution in [0.25, 0.3) is 0 Å². The van der Waals surface area contributed by atoms with Crippen LogP contribution in [0, 0.1) is 0 Å². The lowest BCUT2D eigenvalue weighted by atomic mass is 10.2. The fourth-order valence-electron chi connectivity index (χ4n) is 2.48. The minimum absolute atomic E-state index is 0.0684. The number of benzene rings is 1. The van der Waals surface area contributed by atoms with Gasteiger partial charge in [0.1, 0.15) is 0 Å². The van der Waals surface area contributed by atoms with Crippen LogP contribution in [0.2, 0.25) is 15.1 Å². The lowest BCUT2D eigenvalue weighted by molar-refractivity contribution is -0.137. The summed E-state index contributed by atoms with van der Waals surface area (Å²) in [7, 11) is -8.56. The van der Waals surface area contributed by atoms with Crippen molar-refractivity contribution in [2.45, 2.75) is 33.5 Å². The van der Waals surface area contributed by atoms with Crippen LogP contribution in [-0.4, -0.2) is 45.9 Å². The van der Waals surface area contributed by atoms with Crippen LogP contribution in [0.5, 0.6) is 0 Å². The first kappa shape index (κ1) is 39.5. The molecule has 0 fully saturated rings. The summed E-state index contributed by atoms with van der Waals surface area (Å²) in [5.74, 6) is -0.585. The van der Waals surface area contributed by atoms with E-state index in [1.165, 1.54) is 12.1 Å². The number of hydrogen-bond acceptors (Lipinski definition) is 11. The summed E-state index contributed by atoms with van der Waals surface area (Å²) in [5.41, 5.74) is -0.804. The smallest absolute Gasteiger partial charge is 0.387 e. The molecule has 2 rings (SSSR count). The van der Waals surface area contributed by atoms with Gasteiger partial charge < -0.3 is 29.6 Å². The molecule has 1 aromatic heterocycles. The van der Waals surface area contributed by atoms with Crippen LogP contribution in [0.15, 0.2) is 30.5 Å². The normalized spacial score (nSPS) is 13.5. The highest BCUT2D eigenvalue weighted by molar-refractivity contribution is 7.39. The van der Waals surface area contributed by atoms with E-state index in [1.807, 2.05) is 0 Å². The Morgan fingerprint density at radius 2 is 1.33 bits per heavy atom. The third-order valence-corrected chi connectivity index (χ3v) is 11.4. The van der Waals surface area contributed by atoms with E-state index in [-0.39, 0.29) is 52.7 Å². The summed E-state index contributed by atoms with van der Waals surface area (Å²) in [6, 6.07) is 5.31. The van der Waals surface area contributed by atoms with E-state index in [2.05, 4.69) is 10.3 Å². The van der Waals surface area contributed by atoms with E-state index in [9.17, 15) is 31.7 Å². The topological polar surface area (TPSA) is 149 Å². The van der Waals surface area contributed by atoms with Gasteiger partial charge in [0.05, 0.1) is 58.3 Å². The number of nitrogens with zero attached hydrogens (tertiary/aromatic N) is 1. The molecule has 0 aliphatic heterocycles. The average molecular weight is 738 g/mol. The van der Waals surface area contributed by atoms with Gasteiger partial charge in [-0.2, -0.15) is 13.2 Å². The van der Waals surface area contributed by atoms with Gasteiger partial charge in [-0.1, -0.05) is 40.9 Å². The van der Waals surface area contributed by atoms with Crippen molar-refractivity contribution in [1.82, 2.24) is 10.3 Å². The Bertz CT molecular complexity index is 1190. The van der Waals surface area contributed by atoms with Gasteiger partial charge in [0.2, 0.25) is 0 Å². The number of carbonyl (C=O) groups excluding carboxylic acids is 1. The molecule has 22 heteroatoms. The molecule has 236 valence electrons. The highest BCUT2D eigenvalue weighted by atomic mass is 35.5. The Morgan fingerprint density at radius 3 is 1.71 bits per heavy atom. The molecular weight excluding hydrogens is 711 g/mol. The summed E-state index contributed by atoms with van der Waals surface area (Å²) < 4.78 is 100. The van der Waals surface area contributed by atoms with Crippen molar-refractivity contribution in [1.29, 1.82) is 0 Å². The van der Waals surface area contributed by atoms with Gasteiger partial charge in [-0.3, -0.25) is 23.5 Å². The maximum absolute atomic E-state index is 12.5. The second-order valence-corrected chi connectivity index (χ2v) is 14.1. The third kappa shape index (κ3) is 15.0. The second-order valence-electron chi connectivity index (χ2n) is 7.12. The van der Waals surface area contributed by atoms with Crippen molar-refractivity contribution in [3.8, 4) is 0 Å². The highest BCUT2D eigenvalue weighted by Crippen LogP contribution is 2.36. The van der Waals surface area contributed by atoms with Crippen molar-refractivity contribution >= 4 is 80.6 Å². The van der Waals surface area contributed by atoms with E-state index in [0.29, 0.717) is 6.20 Å². The van der Waals surface area contributed by atoms with Crippen LogP contribution in [-0.2, 0) is 50.7 Å². The van der Waals surface area contributed by atoms with Gasteiger partial charge in [0.15, 0.2) is 0 Å². The summed E-state index contributed by atoms with van der Waals surface area (Å²) >= 11 is 14.4. The van der Waals surface area contributed by atoms with Gasteiger partial charge in [-0.15, -0.1) is 0 Å². The Kier molecular flexibility index (Phi) is 19.3. The zero-order valence-electron chi connectivity index (χ0n) is 22.1. The van der Waals surface area contributed by atoms with Crippen molar-refractivity contribution in [2.75, 3.05) is 19.8 Å². The first-order chi connectivity index (χ1) is 19.7. The number of rotatable bonds is 15. The monoisotopic (exact) mass is 736 g/mol. The van der Waals surface area contributed by atoms with E-state index in [4.69, 9.17) is 59.1 Å². The Balaban J connectivity index is 0.000000430. The Morgan fingerprint density at radius 1 is 0.881 bits per heavy atom. The molecule has 3 unspecified atom stereocenters. The zero-order valence-corrected chi connectivity index (χ0v) is 28.5. The maximum Gasteiger partial charge on any atom is 0.925 e. The molecule has 12 nitrogen and oxygen atoms in total. The number of alkyl halides is 3. The summed E-state index contributed by atoms with van der Waals surface area (Å²) in [6.45, 7) is 5.20. The van der Waals surface area contributed by atoms with E-state index in [1.54, 1.807) is 26.8 Å². The number of carbonyl (C=O) groups is 1. The molecule has 0 aliphatic rings. The largest absolute Gasteiger partial charge is 0.925 e. The minimum Gasteiger partial charge on any atom is -0.387 e. The maximum atomic E-state index is 12.5. The van der Waals surface area contributed by atoms with Crippen LogP contribution >= 0.6 is 59.6 Å². The fourth-order valence-corrected chi connectivity index (χ4v) is 8.57. The number of nitrogens with one attached hydrogen (secondary N) is 1. The summed E-state index contributed by atoms with van der Waals surface area (Å²) in [6.07, 6.45) is -3.89. The molecule has 1 heterocycles. The van der Waals surface area contributed by atoms with Crippen LogP contribution in [0.3, 0.4) is 0 Å². The Hall–Kier alpha value is -0.518. The molecule has 1 N–H and O–H groups in total. The van der Waals surface area contributed by atoms with Crippen molar-refractivity contribution in [3.05, 3.63) is 62.4 Å². The minimum atomic E-state index is -4.54. The van der Waals surface area contributed by atoms with E-state index >= 15 is 0 Å². The first-order valence-corrected chi connectivity index (χ1v) is 17.9. The number of amides is 1. The predicted octanol–water partition coefficient (Wildman–Crippen LogP) is 7.29. The molecule has 1 amide bonds. The van der Waals surface area contributed by atoms with Crippen LogP contribution in [0.4, 0.5) is 13.2 Å². The van der Waals surface area contributed by atoms with Gasteiger partial charge in [-0.05, 0) is 39.0 Å². The molecular formula is C20H26AlCl3F3N2O10P3. The second kappa shape index (κ2) is 20.5.